The van der Waals surface area contributed by atoms with Crippen molar-refractivity contribution in [3.8, 4) is 0 Å². The topological polar surface area (TPSA) is 25.8 Å². The van der Waals surface area contributed by atoms with Gasteiger partial charge in [0.25, 0.3) is 0 Å². The highest BCUT2D eigenvalue weighted by Crippen LogP contribution is 2.22. The van der Waals surface area contributed by atoms with Gasteiger partial charge in [-0.05, 0) is 25.0 Å². The summed E-state index contributed by atoms with van der Waals surface area (Å²) in [6.45, 7) is 10.4. The molecule has 2 heteroatoms. The van der Waals surface area contributed by atoms with E-state index >= 15 is 0 Å². The zero-order chi connectivity index (χ0) is 12.1. The minimum Gasteiger partial charge on any atom is -0.240 e. The van der Waals surface area contributed by atoms with Crippen LogP contribution in [-0.4, -0.2) is 9.97 Å². The van der Waals surface area contributed by atoms with E-state index in [2.05, 4.69) is 48.9 Å². The van der Waals surface area contributed by atoms with Crippen LogP contribution in [0.2, 0.25) is 0 Å². The van der Waals surface area contributed by atoms with Crippen LogP contribution in [0.15, 0.2) is 24.5 Å². The molecule has 2 nitrogen and oxygen atoms in total. The molecule has 0 radical (unpaired) electrons. The van der Waals surface area contributed by atoms with Gasteiger partial charge in [0.1, 0.15) is 6.33 Å². The van der Waals surface area contributed by atoms with Crippen LogP contribution in [0.5, 0.6) is 0 Å². The van der Waals surface area contributed by atoms with Gasteiger partial charge < -0.3 is 0 Å². The molecular formula is C14H20N2. The van der Waals surface area contributed by atoms with E-state index in [1.54, 1.807) is 6.33 Å². The monoisotopic (exact) mass is 216 g/mol. The van der Waals surface area contributed by atoms with E-state index in [9.17, 15) is 0 Å². The molecular weight excluding hydrogens is 196 g/mol. The van der Waals surface area contributed by atoms with E-state index in [0.29, 0.717) is 5.92 Å². The highest BCUT2D eigenvalue weighted by atomic mass is 14.8. The van der Waals surface area contributed by atoms with Gasteiger partial charge in [0.2, 0.25) is 0 Å². The Kier molecular flexibility index (Phi) is 4.41. The van der Waals surface area contributed by atoms with Crippen LogP contribution in [-0.2, 0) is 0 Å². The molecule has 0 amide bonds. The molecule has 86 valence electrons. The Hall–Kier alpha value is -1.44. The number of aromatic nitrogens is 2. The van der Waals surface area contributed by atoms with Crippen molar-refractivity contribution in [1.82, 2.24) is 9.97 Å². The number of nitrogens with zero attached hydrogens (tertiary/aromatic N) is 2. The molecule has 0 unspecified atom stereocenters. The lowest BCUT2D eigenvalue weighted by atomic mass is 10.0. The number of hydrogen-bond donors (Lipinski definition) is 0. The molecule has 2 aromatic rings. The Morgan fingerprint density at radius 3 is 2.38 bits per heavy atom. The first kappa shape index (κ1) is 12.6. The summed E-state index contributed by atoms with van der Waals surface area (Å²) < 4.78 is 0. The van der Waals surface area contributed by atoms with Gasteiger partial charge in [-0.1, -0.05) is 39.3 Å². The molecule has 0 aliphatic carbocycles. The fourth-order valence-corrected chi connectivity index (χ4v) is 1.65. The molecule has 0 bridgehead atoms. The van der Waals surface area contributed by atoms with Crippen LogP contribution < -0.4 is 0 Å². The van der Waals surface area contributed by atoms with Crippen LogP contribution in [0, 0.1) is 6.92 Å². The maximum atomic E-state index is 4.34. The molecule has 0 aliphatic rings. The lowest BCUT2D eigenvalue weighted by Gasteiger charge is -2.08. The third-order valence-corrected chi connectivity index (χ3v) is 2.37. The fraction of sp³-hybridized carbons (Fsp3) is 0.429. The van der Waals surface area contributed by atoms with Crippen LogP contribution >= 0.6 is 0 Å². The standard InChI is InChI=1S/C12H14N2.C2H6/c1-8(2)12-10-6-9(3)4-5-11(10)13-7-14-12;1-2/h4-8H,1-3H3;1-2H3. The molecule has 1 aromatic carbocycles. The van der Waals surface area contributed by atoms with Crippen molar-refractivity contribution in [3.63, 3.8) is 0 Å². The smallest absolute Gasteiger partial charge is 0.116 e. The Morgan fingerprint density at radius 2 is 1.75 bits per heavy atom. The number of fused-ring (bicyclic) bond motifs is 1. The van der Waals surface area contributed by atoms with E-state index in [0.717, 1.165) is 11.2 Å². The Labute approximate surface area is 97.7 Å². The van der Waals surface area contributed by atoms with Crippen molar-refractivity contribution in [2.24, 2.45) is 0 Å². The van der Waals surface area contributed by atoms with E-state index < -0.39 is 0 Å². The second kappa shape index (κ2) is 5.59. The minimum atomic E-state index is 0.447. The molecule has 0 fully saturated rings. The van der Waals surface area contributed by atoms with E-state index in [1.165, 1.54) is 10.9 Å². The van der Waals surface area contributed by atoms with E-state index in [1.807, 2.05) is 13.8 Å². The van der Waals surface area contributed by atoms with Crippen molar-refractivity contribution in [2.45, 2.75) is 40.5 Å². The predicted octanol–water partition coefficient (Wildman–Crippen LogP) is 4.09. The average molecular weight is 216 g/mol. The summed E-state index contributed by atoms with van der Waals surface area (Å²) in [6, 6.07) is 6.29. The van der Waals surface area contributed by atoms with Gasteiger partial charge in [-0.3, -0.25) is 0 Å². The van der Waals surface area contributed by atoms with Gasteiger partial charge in [-0.25, -0.2) is 9.97 Å². The Bertz CT molecular complexity index is 461. The van der Waals surface area contributed by atoms with Gasteiger partial charge >= 0.3 is 0 Å². The highest BCUT2D eigenvalue weighted by Gasteiger charge is 2.06. The fourth-order valence-electron chi connectivity index (χ4n) is 1.65. The summed E-state index contributed by atoms with van der Waals surface area (Å²) >= 11 is 0. The van der Waals surface area contributed by atoms with Gasteiger partial charge in [0, 0.05) is 5.39 Å². The minimum absolute atomic E-state index is 0.447. The zero-order valence-electron chi connectivity index (χ0n) is 10.8. The molecule has 1 aromatic heterocycles. The van der Waals surface area contributed by atoms with E-state index in [-0.39, 0.29) is 0 Å². The maximum absolute atomic E-state index is 4.34. The van der Waals surface area contributed by atoms with Gasteiger partial charge in [0.15, 0.2) is 0 Å². The van der Waals surface area contributed by atoms with E-state index in [4.69, 9.17) is 0 Å². The lowest BCUT2D eigenvalue weighted by molar-refractivity contribution is 0.828. The summed E-state index contributed by atoms with van der Waals surface area (Å²) in [5, 5.41) is 1.18. The highest BCUT2D eigenvalue weighted by molar-refractivity contribution is 5.81. The summed E-state index contributed by atoms with van der Waals surface area (Å²) in [5.74, 6) is 0.447. The summed E-state index contributed by atoms with van der Waals surface area (Å²) in [7, 11) is 0. The van der Waals surface area contributed by atoms with Crippen molar-refractivity contribution in [2.75, 3.05) is 0 Å². The molecule has 1 heterocycles. The first-order valence-corrected chi connectivity index (χ1v) is 5.90. The van der Waals surface area contributed by atoms with Gasteiger partial charge in [-0.2, -0.15) is 0 Å². The average Bonchev–Trinajstić information content (AvgIpc) is 2.30. The lowest BCUT2D eigenvalue weighted by Crippen LogP contribution is -1.95. The SMILES string of the molecule is CC.Cc1ccc2ncnc(C(C)C)c2c1. The molecule has 0 saturated heterocycles. The third-order valence-electron chi connectivity index (χ3n) is 2.37. The molecule has 16 heavy (non-hydrogen) atoms. The van der Waals surface area contributed by atoms with Crippen LogP contribution in [0.1, 0.15) is 44.9 Å². The van der Waals surface area contributed by atoms with Crippen molar-refractivity contribution in [3.05, 3.63) is 35.8 Å². The molecule has 2 rings (SSSR count). The van der Waals surface area contributed by atoms with Crippen LogP contribution in [0.3, 0.4) is 0 Å². The maximum Gasteiger partial charge on any atom is 0.116 e. The summed E-state index contributed by atoms with van der Waals surface area (Å²) in [6.07, 6.45) is 1.65. The second-order valence-electron chi connectivity index (χ2n) is 3.93. The second-order valence-corrected chi connectivity index (χ2v) is 3.93. The Balaban J connectivity index is 0.000000606. The first-order valence-electron chi connectivity index (χ1n) is 5.90. The Morgan fingerprint density at radius 1 is 1.06 bits per heavy atom. The van der Waals surface area contributed by atoms with Crippen molar-refractivity contribution in [1.29, 1.82) is 0 Å². The van der Waals surface area contributed by atoms with Crippen LogP contribution in [0.25, 0.3) is 10.9 Å². The normalized spacial score (nSPS) is 10.1. The van der Waals surface area contributed by atoms with Gasteiger partial charge in [0.05, 0.1) is 11.2 Å². The number of aryl methyl sites for hydroxylation is 1. The molecule has 0 N–H and O–H groups in total. The number of benzene rings is 1. The number of hydrogen-bond acceptors (Lipinski definition) is 2. The predicted molar refractivity (Wildman–Crippen MR) is 69.7 cm³/mol. The third kappa shape index (κ3) is 2.57. The summed E-state index contributed by atoms with van der Waals surface area (Å²) in [5.41, 5.74) is 3.43. The molecule has 0 spiro atoms. The molecule has 0 aliphatic heterocycles. The van der Waals surface area contributed by atoms with Crippen molar-refractivity contribution < 1.29 is 0 Å². The molecule has 0 atom stereocenters. The first-order chi connectivity index (χ1) is 7.68. The van der Waals surface area contributed by atoms with Crippen LogP contribution in [0.4, 0.5) is 0 Å². The van der Waals surface area contributed by atoms with Crippen molar-refractivity contribution >= 4 is 10.9 Å². The van der Waals surface area contributed by atoms with Gasteiger partial charge in [-0.15, -0.1) is 0 Å². The zero-order valence-corrected chi connectivity index (χ0v) is 10.8. The quantitative estimate of drug-likeness (QED) is 0.717. The number of rotatable bonds is 1. The summed E-state index contributed by atoms with van der Waals surface area (Å²) in [4.78, 5) is 8.59. The largest absolute Gasteiger partial charge is 0.240 e. The molecule has 0 saturated carbocycles.